The molecule has 3 atom stereocenters. The molecule has 1 fully saturated rings. The van der Waals surface area contributed by atoms with Gasteiger partial charge >= 0.3 is 0 Å². The molecule has 0 radical (unpaired) electrons. The van der Waals surface area contributed by atoms with Crippen LogP contribution >= 0.6 is 0 Å². The summed E-state index contributed by atoms with van der Waals surface area (Å²) in [6.07, 6.45) is 5.31. The topological polar surface area (TPSA) is 20.2 Å². The highest BCUT2D eigenvalue weighted by Crippen LogP contribution is 2.33. The highest BCUT2D eigenvalue weighted by molar-refractivity contribution is 5.17. The predicted molar refractivity (Wildman–Crippen MR) is 87.1 cm³/mol. The van der Waals surface area contributed by atoms with Gasteiger partial charge in [-0.2, -0.15) is 0 Å². The van der Waals surface area contributed by atoms with Gasteiger partial charge in [-0.05, 0) is 55.1 Å². The summed E-state index contributed by atoms with van der Waals surface area (Å²) in [6.45, 7) is 0. The van der Waals surface area contributed by atoms with Crippen molar-refractivity contribution in [3.8, 4) is 0 Å². The molecule has 1 heteroatoms. The van der Waals surface area contributed by atoms with E-state index in [1.54, 1.807) is 0 Å². The molecule has 3 rings (SSSR count). The molecule has 1 N–H and O–H groups in total. The summed E-state index contributed by atoms with van der Waals surface area (Å²) in [5.41, 5.74) is 2.75. The fourth-order valence-electron chi connectivity index (χ4n) is 3.58. The van der Waals surface area contributed by atoms with Gasteiger partial charge in [0.25, 0.3) is 0 Å². The maximum absolute atomic E-state index is 10.5. The van der Waals surface area contributed by atoms with Crippen LogP contribution in [0.3, 0.4) is 0 Å². The van der Waals surface area contributed by atoms with Gasteiger partial charge in [-0.15, -0.1) is 0 Å². The minimum Gasteiger partial charge on any atom is -0.393 e. The standard InChI is InChI=1S/C20H24O/c21-20-15-18(13-16-7-3-1-4-8-16)11-12-19(20)14-17-9-5-2-6-10-17/h1-10,18-21H,11-15H2/t18-,19-,20-/m0/s1. The Kier molecular flexibility index (Phi) is 4.72. The van der Waals surface area contributed by atoms with Gasteiger partial charge in [-0.3, -0.25) is 0 Å². The van der Waals surface area contributed by atoms with Gasteiger partial charge < -0.3 is 5.11 Å². The van der Waals surface area contributed by atoms with Crippen molar-refractivity contribution in [1.82, 2.24) is 0 Å². The Balaban J connectivity index is 1.54. The zero-order valence-corrected chi connectivity index (χ0v) is 12.5. The van der Waals surface area contributed by atoms with Gasteiger partial charge in [0, 0.05) is 0 Å². The number of hydrogen-bond acceptors (Lipinski definition) is 1. The summed E-state index contributed by atoms with van der Waals surface area (Å²) in [4.78, 5) is 0. The summed E-state index contributed by atoms with van der Waals surface area (Å²) >= 11 is 0. The van der Waals surface area contributed by atoms with Crippen LogP contribution in [-0.4, -0.2) is 11.2 Å². The second kappa shape index (κ2) is 6.91. The van der Waals surface area contributed by atoms with Crippen LogP contribution in [0.2, 0.25) is 0 Å². The lowest BCUT2D eigenvalue weighted by atomic mass is 9.75. The summed E-state index contributed by atoms with van der Waals surface area (Å²) in [6, 6.07) is 21.2. The molecule has 1 aliphatic carbocycles. The molecular formula is C20H24O. The van der Waals surface area contributed by atoms with Crippen molar-refractivity contribution in [3.05, 3.63) is 71.8 Å². The molecule has 2 aromatic carbocycles. The third-order valence-corrected chi connectivity index (χ3v) is 4.77. The van der Waals surface area contributed by atoms with E-state index >= 15 is 0 Å². The van der Waals surface area contributed by atoms with Crippen LogP contribution in [0.15, 0.2) is 60.7 Å². The second-order valence-electron chi connectivity index (χ2n) is 6.39. The third-order valence-electron chi connectivity index (χ3n) is 4.77. The molecule has 0 aliphatic heterocycles. The van der Waals surface area contributed by atoms with Crippen LogP contribution in [0.1, 0.15) is 30.4 Å². The van der Waals surface area contributed by atoms with Gasteiger partial charge in [0.05, 0.1) is 6.10 Å². The Morgan fingerprint density at radius 1 is 0.762 bits per heavy atom. The van der Waals surface area contributed by atoms with Crippen LogP contribution in [-0.2, 0) is 12.8 Å². The highest BCUT2D eigenvalue weighted by Gasteiger charge is 2.29. The first kappa shape index (κ1) is 14.3. The van der Waals surface area contributed by atoms with E-state index in [1.807, 2.05) is 0 Å². The molecule has 2 aromatic rings. The number of rotatable bonds is 4. The molecule has 1 saturated carbocycles. The zero-order chi connectivity index (χ0) is 14.5. The minimum atomic E-state index is -0.146. The molecule has 0 saturated heterocycles. The minimum absolute atomic E-state index is 0.146. The van der Waals surface area contributed by atoms with Crippen molar-refractivity contribution < 1.29 is 5.11 Å². The van der Waals surface area contributed by atoms with Gasteiger partial charge in [-0.1, -0.05) is 60.7 Å². The summed E-state index contributed by atoms with van der Waals surface area (Å²) < 4.78 is 0. The Bertz CT molecular complexity index is 534. The Labute approximate surface area is 127 Å². The van der Waals surface area contributed by atoms with Crippen molar-refractivity contribution in [1.29, 1.82) is 0 Å². The van der Waals surface area contributed by atoms with Crippen LogP contribution in [0.4, 0.5) is 0 Å². The van der Waals surface area contributed by atoms with Crippen molar-refractivity contribution in [2.75, 3.05) is 0 Å². The molecule has 110 valence electrons. The fourth-order valence-corrected chi connectivity index (χ4v) is 3.58. The lowest BCUT2D eigenvalue weighted by molar-refractivity contribution is 0.0449. The van der Waals surface area contributed by atoms with Gasteiger partial charge in [0.2, 0.25) is 0 Å². The van der Waals surface area contributed by atoms with E-state index in [-0.39, 0.29) is 6.10 Å². The average Bonchev–Trinajstić information content (AvgIpc) is 2.52. The normalized spacial score (nSPS) is 25.7. The first-order chi connectivity index (χ1) is 10.3. The number of aliphatic hydroxyl groups is 1. The maximum atomic E-state index is 10.5. The third kappa shape index (κ3) is 3.95. The van der Waals surface area contributed by atoms with Crippen molar-refractivity contribution in [2.24, 2.45) is 11.8 Å². The lowest BCUT2D eigenvalue weighted by Crippen LogP contribution is -2.31. The highest BCUT2D eigenvalue weighted by atomic mass is 16.3. The molecule has 1 aliphatic rings. The predicted octanol–water partition coefficient (Wildman–Crippen LogP) is 4.25. The van der Waals surface area contributed by atoms with E-state index < -0.39 is 0 Å². The molecule has 0 aromatic heterocycles. The smallest absolute Gasteiger partial charge is 0.0574 e. The van der Waals surface area contributed by atoms with Crippen LogP contribution in [0, 0.1) is 11.8 Å². The Morgan fingerprint density at radius 3 is 1.90 bits per heavy atom. The number of hydrogen-bond donors (Lipinski definition) is 1. The molecule has 0 amide bonds. The number of benzene rings is 2. The van der Waals surface area contributed by atoms with Crippen molar-refractivity contribution in [3.63, 3.8) is 0 Å². The SMILES string of the molecule is O[C@H]1C[C@H](Cc2ccccc2)CC[C@H]1Cc1ccccc1. The van der Waals surface area contributed by atoms with E-state index in [9.17, 15) is 5.11 Å². The van der Waals surface area contributed by atoms with Crippen LogP contribution < -0.4 is 0 Å². The van der Waals surface area contributed by atoms with Crippen molar-refractivity contribution >= 4 is 0 Å². The average molecular weight is 280 g/mol. The molecule has 0 spiro atoms. The fraction of sp³-hybridized carbons (Fsp3) is 0.400. The maximum Gasteiger partial charge on any atom is 0.0574 e. The Morgan fingerprint density at radius 2 is 1.33 bits per heavy atom. The van der Waals surface area contributed by atoms with Gasteiger partial charge in [0.1, 0.15) is 0 Å². The zero-order valence-electron chi connectivity index (χ0n) is 12.5. The molecule has 0 unspecified atom stereocenters. The van der Waals surface area contributed by atoms with E-state index in [2.05, 4.69) is 60.7 Å². The molecule has 0 heterocycles. The monoisotopic (exact) mass is 280 g/mol. The van der Waals surface area contributed by atoms with E-state index in [4.69, 9.17) is 0 Å². The summed E-state index contributed by atoms with van der Waals surface area (Å²) in [7, 11) is 0. The Hall–Kier alpha value is -1.60. The summed E-state index contributed by atoms with van der Waals surface area (Å²) in [5, 5.41) is 10.5. The summed E-state index contributed by atoms with van der Waals surface area (Å²) in [5.74, 6) is 1.06. The molecular weight excluding hydrogens is 256 g/mol. The van der Waals surface area contributed by atoms with E-state index in [1.165, 1.54) is 17.5 Å². The molecule has 0 bridgehead atoms. The first-order valence-electron chi connectivity index (χ1n) is 8.07. The van der Waals surface area contributed by atoms with Gasteiger partial charge in [-0.25, -0.2) is 0 Å². The van der Waals surface area contributed by atoms with E-state index in [0.29, 0.717) is 11.8 Å². The lowest BCUT2D eigenvalue weighted by Gasteiger charge is -2.33. The van der Waals surface area contributed by atoms with Crippen LogP contribution in [0.25, 0.3) is 0 Å². The van der Waals surface area contributed by atoms with Crippen molar-refractivity contribution in [2.45, 2.75) is 38.2 Å². The van der Waals surface area contributed by atoms with E-state index in [0.717, 1.165) is 25.7 Å². The first-order valence-corrected chi connectivity index (χ1v) is 8.07. The largest absolute Gasteiger partial charge is 0.393 e. The second-order valence-corrected chi connectivity index (χ2v) is 6.39. The molecule has 1 nitrogen and oxygen atoms in total. The quantitative estimate of drug-likeness (QED) is 0.887. The number of aliphatic hydroxyl groups excluding tert-OH is 1. The van der Waals surface area contributed by atoms with Crippen LogP contribution in [0.5, 0.6) is 0 Å². The molecule has 21 heavy (non-hydrogen) atoms. The van der Waals surface area contributed by atoms with Gasteiger partial charge in [0.15, 0.2) is 0 Å².